The summed E-state index contributed by atoms with van der Waals surface area (Å²) in [5.74, 6) is -0.779. The van der Waals surface area contributed by atoms with E-state index in [4.69, 9.17) is 23.2 Å². The number of nitrogens with one attached hydrogen (secondary N) is 1. The normalized spacial score (nSPS) is 14.2. The van der Waals surface area contributed by atoms with Crippen LogP contribution in [0.25, 0.3) is 0 Å². The summed E-state index contributed by atoms with van der Waals surface area (Å²) in [6.07, 6.45) is 5.22. The van der Waals surface area contributed by atoms with E-state index in [1.165, 1.54) is 17.0 Å². The fraction of sp³-hybridized carbons (Fsp3) is 0.316. The zero-order chi connectivity index (χ0) is 34.3. The Balaban J connectivity index is 1.58. The third kappa shape index (κ3) is 8.98. The first-order chi connectivity index (χ1) is 23.0. The van der Waals surface area contributed by atoms with E-state index in [2.05, 4.69) is 5.32 Å². The summed E-state index contributed by atoms with van der Waals surface area (Å²) < 4.78 is 29.8. The molecule has 0 radical (unpaired) electrons. The van der Waals surface area contributed by atoms with Crippen LogP contribution in [0.5, 0.6) is 0 Å². The van der Waals surface area contributed by atoms with Crippen LogP contribution in [0.15, 0.2) is 102 Å². The van der Waals surface area contributed by atoms with Gasteiger partial charge in [0.1, 0.15) is 12.6 Å². The van der Waals surface area contributed by atoms with Crippen molar-refractivity contribution >= 4 is 50.7 Å². The van der Waals surface area contributed by atoms with Gasteiger partial charge in [-0.2, -0.15) is 0 Å². The van der Waals surface area contributed by atoms with Crippen LogP contribution in [0, 0.1) is 13.8 Å². The predicted molar refractivity (Wildman–Crippen MR) is 193 cm³/mol. The lowest BCUT2D eigenvalue weighted by Crippen LogP contribution is -2.55. The molecule has 0 saturated heterocycles. The van der Waals surface area contributed by atoms with Crippen molar-refractivity contribution in [1.82, 2.24) is 10.2 Å². The fourth-order valence-corrected chi connectivity index (χ4v) is 7.97. The van der Waals surface area contributed by atoms with Gasteiger partial charge >= 0.3 is 0 Å². The maximum Gasteiger partial charge on any atom is 0.264 e. The quantitative estimate of drug-likeness (QED) is 0.162. The van der Waals surface area contributed by atoms with E-state index in [0.29, 0.717) is 21.3 Å². The second-order valence-electron chi connectivity index (χ2n) is 12.5. The minimum absolute atomic E-state index is 0.0205. The summed E-state index contributed by atoms with van der Waals surface area (Å²) in [4.78, 5) is 30.5. The summed E-state index contributed by atoms with van der Waals surface area (Å²) in [6.45, 7) is 3.17. The molecule has 252 valence electrons. The number of halogens is 2. The van der Waals surface area contributed by atoms with E-state index in [1.54, 1.807) is 49.4 Å². The molecule has 1 fully saturated rings. The van der Waals surface area contributed by atoms with Crippen molar-refractivity contribution in [3.05, 3.63) is 129 Å². The number of hydrogen-bond donors (Lipinski definition) is 1. The molecule has 1 aliphatic carbocycles. The largest absolute Gasteiger partial charge is 0.352 e. The first kappa shape index (κ1) is 35.5. The molecule has 1 saturated carbocycles. The molecule has 0 aliphatic heterocycles. The van der Waals surface area contributed by atoms with Crippen molar-refractivity contribution in [2.75, 3.05) is 10.8 Å². The van der Waals surface area contributed by atoms with Gasteiger partial charge < -0.3 is 10.2 Å². The second-order valence-corrected chi connectivity index (χ2v) is 15.2. The van der Waals surface area contributed by atoms with Crippen LogP contribution in [-0.2, 0) is 32.6 Å². The molecule has 0 spiro atoms. The summed E-state index contributed by atoms with van der Waals surface area (Å²) in [6, 6.07) is 27.2. The van der Waals surface area contributed by atoms with Crippen LogP contribution >= 0.6 is 23.2 Å². The number of benzene rings is 4. The zero-order valence-corrected chi connectivity index (χ0v) is 29.6. The van der Waals surface area contributed by atoms with Crippen LogP contribution in [0.3, 0.4) is 0 Å². The summed E-state index contributed by atoms with van der Waals surface area (Å²) in [7, 11) is -4.22. The average molecular weight is 707 g/mol. The molecular formula is C38H41Cl2N3O4S. The molecule has 0 aromatic heterocycles. The average Bonchev–Trinajstić information content (AvgIpc) is 3.07. The molecule has 5 rings (SSSR count). The molecule has 10 heteroatoms. The standard InChI is InChI=1S/C38H41Cl2N3O4S/c1-27-13-20-34(21-14-27)48(46,47)43(35-22-19-32(40)23-28(35)2)26-37(44)42(25-30-15-17-31(39)18-16-30)36(24-29-9-5-3-6-10-29)38(45)41-33-11-7-4-8-12-33/h3,5-6,9-10,13-23,33,36H,4,7-8,11-12,24-26H2,1-2H3,(H,41,45). The Morgan fingerprint density at radius 3 is 2.10 bits per heavy atom. The van der Waals surface area contributed by atoms with Crippen molar-refractivity contribution in [1.29, 1.82) is 0 Å². The highest BCUT2D eigenvalue weighted by atomic mass is 35.5. The molecule has 0 heterocycles. The molecule has 1 unspecified atom stereocenters. The van der Waals surface area contributed by atoms with Crippen molar-refractivity contribution in [2.45, 2.75) is 75.9 Å². The highest BCUT2D eigenvalue weighted by molar-refractivity contribution is 7.92. The predicted octanol–water partition coefficient (Wildman–Crippen LogP) is 7.89. The van der Waals surface area contributed by atoms with Crippen molar-refractivity contribution < 1.29 is 18.0 Å². The molecule has 7 nitrogen and oxygen atoms in total. The zero-order valence-electron chi connectivity index (χ0n) is 27.2. The summed E-state index contributed by atoms with van der Waals surface area (Å²) in [5, 5.41) is 4.22. The molecule has 1 N–H and O–H groups in total. The third-order valence-corrected chi connectivity index (χ3v) is 11.1. The van der Waals surface area contributed by atoms with Gasteiger partial charge in [-0.05, 0) is 85.8 Å². The van der Waals surface area contributed by atoms with Gasteiger partial charge in [0.2, 0.25) is 11.8 Å². The Bertz CT molecular complexity index is 1810. The number of hydrogen-bond acceptors (Lipinski definition) is 4. The Kier molecular flexibility index (Phi) is 11.8. The molecule has 4 aromatic rings. The number of rotatable bonds is 12. The Hall–Kier alpha value is -3.85. The monoisotopic (exact) mass is 705 g/mol. The van der Waals surface area contributed by atoms with Crippen LogP contribution in [0.4, 0.5) is 5.69 Å². The van der Waals surface area contributed by atoms with Crippen LogP contribution in [0.2, 0.25) is 10.0 Å². The van der Waals surface area contributed by atoms with E-state index in [1.807, 2.05) is 49.4 Å². The van der Waals surface area contributed by atoms with E-state index in [9.17, 15) is 18.0 Å². The van der Waals surface area contributed by atoms with E-state index in [0.717, 1.165) is 53.1 Å². The van der Waals surface area contributed by atoms with Crippen LogP contribution < -0.4 is 9.62 Å². The molecular weight excluding hydrogens is 665 g/mol. The fourth-order valence-electron chi connectivity index (χ4n) is 6.13. The minimum atomic E-state index is -4.22. The molecule has 4 aromatic carbocycles. The maximum atomic E-state index is 14.7. The Morgan fingerprint density at radius 1 is 0.812 bits per heavy atom. The van der Waals surface area contributed by atoms with E-state index in [-0.39, 0.29) is 29.8 Å². The van der Waals surface area contributed by atoms with Crippen molar-refractivity contribution in [3.8, 4) is 0 Å². The molecule has 48 heavy (non-hydrogen) atoms. The van der Waals surface area contributed by atoms with Gasteiger partial charge in [0.15, 0.2) is 0 Å². The first-order valence-electron chi connectivity index (χ1n) is 16.2. The van der Waals surface area contributed by atoms with E-state index < -0.39 is 28.5 Å². The van der Waals surface area contributed by atoms with Crippen molar-refractivity contribution in [3.63, 3.8) is 0 Å². The summed E-state index contributed by atoms with van der Waals surface area (Å²) in [5.41, 5.74) is 3.46. The first-order valence-corrected chi connectivity index (χ1v) is 18.4. The van der Waals surface area contributed by atoms with Gasteiger partial charge in [-0.3, -0.25) is 13.9 Å². The number of anilines is 1. The smallest absolute Gasteiger partial charge is 0.264 e. The summed E-state index contributed by atoms with van der Waals surface area (Å²) >= 11 is 12.5. The molecule has 0 bridgehead atoms. The van der Waals surface area contributed by atoms with Gasteiger partial charge in [-0.25, -0.2) is 8.42 Å². The third-order valence-electron chi connectivity index (χ3n) is 8.80. The number of amides is 2. The van der Waals surface area contributed by atoms with Gasteiger partial charge in [-0.15, -0.1) is 0 Å². The van der Waals surface area contributed by atoms with Gasteiger partial charge in [0.25, 0.3) is 10.0 Å². The number of nitrogens with zero attached hydrogens (tertiary/aromatic N) is 2. The van der Waals surface area contributed by atoms with Gasteiger partial charge in [0, 0.05) is 29.1 Å². The highest BCUT2D eigenvalue weighted by Crippen LogP contribution is 2.30. The van der Waals surface area contributed by atoms with Crippen LogP contribution in [-0.4, -0.2) is 43.8 Å². The minimum Gasteiger partial charge on any atom is -0.352 e. The van der Waals surface area contributed by atoms with Gasteiger partial charge in [-0.1, -0.05) is 103 Å². The number of carbonyl (C=O) groups is 2. The number of aryl methyl sites for hydroxylation is 2. The topological polar surface area (TPSA) is 86.8 Å². The van der Waals surface area contributed by atoms with E-state index >= 15 is 0 Å². The number of sulfonamides is 1. The Morgan fingerprint density at radius 2 is 1.46 bits per heavy atom. The van der Waals surface area contributed by atoms with Gasteiger partial charge in [0.05, 0.1) is 10.6 Å². The van der Waals surface area contributed by atoms with Crippen LogP contribution in [0.1, 0.15) is 54.4 Å². The molecule has 1 aliphatic rings. The SMILES string of the molecule is Cc1ccc(S(=O)(=O)N(CC(=O)N(Cc2ccc(Cl)cc2)C(Cc2ccccc2)C(=O)NC2CCCCC2)c2ccc(Cl)cc2C)cc1. The lowest BCUT2D eigenvalue weighted by Gasteiger charge is -2.35. The van der Waals surface area contributed by atoms with Crippen molar-refractivity contribution in [2.24, 2.45) is 0 Å². The Labute approximate surface area is 293 Å². The lowest BCUT2D eigenvalue weighted by molar-refractivity contribution is -0.140. The molecule has 1 atom stereocenters. The lowest BCUT2D eigenvalue weighted by atomic mass is 9.94. The second kappa shape index (κ2) is 16.0. The maximum absolute atomic E-state index is 14.7. The highest BCUT2D eigenvalue weighted by Gasteiger charge is 2.36. The molecule has 2 amide bonds. The number of carbonyl (C=O) groups excluding carboxylic acids is 2.